The molecule has 0 spiro atoms. The van der Waals surface area contributed by atoms with Gasteiger partial charge >= 0.3 is 0 Å². The van der Waals surface area contributed by atoms with Gasteiger partial charge in [0.25, 0.3) is 0 Å². The van der Waals surface area contributed by atoms with E-state index in [-0.39, 0.29) is 0 Å². The fraction of sp³-hybridized carbons (Fsp3) is 0.200. The van der Waals surface area contributed by atoms with Gasteiger partial charge in [-0.15, -0.1) is 22.7 Å². The van der Waals surface area contributed by atoms with Gasteiger partial charge in [0, 0.05) is 27.4 Å². The van der Waals surface area contributed by atoms with Gasteiger partial charge in [-0.2, -0.15) is 0 Å². The van der Waals surface area contributed by atoms with Crippen LogP contribution < -0.4 is 5.32 Å². The Bertz CT molecular complexity index is 743. The minimum atomic E-state index is 0.867. The third-order valence-electron chi connectivity index (χ3n) is 3.30. The number of nitrogens with one attached hydrogen (secondary N) is 1. The van der Waals surface area contributed by atoms with Gasteiger partial charge in [0.15, 0.2) is 5.13 Å². The highest BCUT2D eigenvalue weighted by atomic mass is 32.1. The van der Waals surface area contributed by atoms with Crippen molar-refractivity contribution >= 4 is 33.6 Å². The van der Waals surface area contributed by atoms with Crippen LogP contribution in [0.3, 0.4) is 0 Å². The number of aromatic nitrogens is 2. The molecule has 0 aliphatic heterocycles. The Kier molecular flexibility index (Phi) is 3.54. The highest BCUT2D eigenvalue weighted by molar-refractivity contribution is 7.14. The van der Waals surface area contributed by atoms with E-state index in [2.05, 4.69) is 39.9 Å². The molecule has 0 aliphatic carbocycles. The number of hydrogen-bond donors (Lipinski definition) is 1. The Balaban J connectivity index is 1.88. The summed E-state index contributed by atoms with van der Waals surface area (Å²) in [7, 11) is 0. The van der Waals surface area contributed by atoms with E-state index in [9.17, 15) is 0 Å². The maximum Gasteiger partial charge on any atom is 0.188 e. The fourth-order valence-corrected chi connectivity index (χ4v) is 3.53. The lowest BCUT2D eigenvalue weighted by atomic mass is 10.1. The molecular weight excluding hydrogens is 286 g/mol. The predicted molar refractivity (Wildman–Crippen MR) is 87.2 cm³/mol. The number of anilines is 2. The topological polar surface area (TPSA) is 37.8 Å². The zero-order valence-corrected chi connectivity index (χ0v) is 13.2. The molecule has 3 aromatic rings. The molecule has 1 N–H and O–H groups in total. The van der Waals surface area contributed by atoms with Gasteiger partial charge in [-0.25, -0.2) is 9.97 Å². The van der Waals surface area contributed by atoms with Crippen molar-refractivity contribution in [3.05, 3.63) is 45.1 Å². The smallest absolute Gasteiger partial charge is 0.188 e. The molecule has 0 aliphatic rings. The number of rotatable bonds is 3. The first kappa shape index (κ1) is 13.3. The summed E-state index contributed by atoms with van der Waals surface area (Å²) in [6.07, 6.45) is 1.79. The van der Waals surface area contributed by atoms with E-state index in [0.717, 1.165) is 22.2 Å². The number of thiophene rings is 1. The van der Waals surface area contributed by atoms with Crippen LogP contribution in [0.5, 0.6) is 0 Å². The van der Waals surface area contributed by atoms with Gasteiger partial charge in [0.1, 0.15) is 5.82 Å². The van der Waals surface area contributed by atoms with Crippen LogP contribution in [0.2, 0.25) is 0 Å². The molecular formula is C15H15N3S2. The zero-order chi connectivity index (χ0) is 14.1. The molecule has 0 aromatic carbocycles. The predicted octanol–water partition coefficient (Wildman–Crippen LogP) is 4.94. The van der Waals surface area contributed by atoms with Gasteiger partial charge in [0.05, 0.1) is 5.69 Å². The van der Waals surface area contributed by atoms with Crippen molar-refractivity contribution in [2.24, 2.45) is 0 Å². The minimum Gasteiger partial charge on any atom is -0.316 e. The van der Waals surface area contributed by atoms with Crippen molar-refractivity contribution in [2.75, 3.05) is 5.32 Å². The average molecular weight is 301 g/mol. The van der Waals surface area contributed by atoms with Gasteiger partial charge in [-0.1, -0.05) is 6.07 Å². The Morgan fingerprint density at radius 3 is 2.65 bits per heavy atom. The lowest BCUT2D eigenvalue weighted by Gasteiger charge is -2.04. The molecule has 0 fully saturated rings. The highest BCUT2D eigenvalue weighted by Gasteiger charge is 2.11. The molecule has 0 saturated carbocycles. The summed E-state index contributed by atoms with van der Waals surface area (Å²) in [6.45, 7) is 6.33. The second kappa shape index (κ2) is 5.34. The summed E-state index contributed by atoms with van der Waals surface area (Å²) in [4.78, 5) is 10.4. The number of hydrogen-bond acceptors (Lipinski definition) is 5. The summed E-state index contributed by atoms with van der Waals surface area (Å²) in [6, 6.07) is 3.97. The molecule has 3 aromatic heterocycles. The molecule has 0 amide bonds. The molecule has 102 valence electrons. The fourth-order valence-electron chi connectivity index (χ4n) is 1.94. The first-order valence-corrected chi connectivity index (χ1v) is 8.10. The van der Waals surface area contributed by atoms with Crippen molar-refractivity contribution in [3.8, 4) is 11.3 Å². The monoisotopic (exact) mass is 301 g/mol. The van der Waals surface area contributed by atoms with E-state index in [1.807, 2.05) is 19.1 Å². The summed E-state index contributed by atoms with van der Waals surface area (Å²) in [5.74, 6) is 0.867. The molecule has 0 atom stereocenters. The van der Waals surface area contributed by atoms with Crippen molar-refractivity contribution in [1.29, 1.82) is 0 Å². The summed E-state index contributed by atoms with van der Waals surface area (Å²) < 4.78 is 0. The number of aryl methyl sites for hydroxylation is 2. The van der Waals surface area contributed by atoms with Gasteiger partial charge in [-0.05, 0) is 38.0 Å². The van der Waals surface area contributed by atoms with Crippen molar-refractivity contribution in [2.45, 2.75) is 20.8 Å². The first-order valence-electron chi connectivity index (χ1n) is 6.34. The summed E-state index contributed by atoms with van der Waals surface area (Å²) in [5.41, 5.74) is 4.70. The van der Waals surface area contributed by atoms with Crippen molar-refractivity contribution in [1.82, 2.24) is 9.97 Å². The van der Waals surface area contributed by atoms with Crippen LogP contribution in [0.25, 0.3) is 11.3 Å². The third-order valence-corrected chi connectivity index (χ3v) is 5.07. The normalized spacial score (nSPS) is 10.8. The van der Waals surface area contributed by atoms with Gasteiger partial charge < -0.3 is 5.32 Å². The van der Waals surface area contributed by atoms with E-state index in [4.69, 9.17) is 0 Å². The zero-order valence-electron chi connectivity index (χ0n) is 11.6. The molecule has 5 heteroatoms. The van der Waals surface area contributed by atoms with Crippen LogP contribution >= 0.6 is 22.7 Å². The molecule has 0 radical (unpaired) electrons. The van der Waals surface area contributed by atoms with E-state index in [1.54, 1.807) is 28.9 Å². The number of pyridine rings is 1. The van der Waals surface area contributed by atoms with Crippen molar-refractivity contribution in [3.63, 3.8) is 0 Å². The first-order chi connectivity index (χ1) is 9.65. The standard InChI is InChI=1S/C15H15N3S2/c1-9-5-4-6-16-14(9)18-15-17-13(8-20-15)12-7-19-11(3)10(12)2/h4-8H,1-3H3,(H,16,17,18). The number of thiazole rings is 1. The molecule has 0 saturated heterocycles. The van der Waals surface area contributed by atoms with E-state index < -0.39 is 0 Å². The molecule has 20 heavy (non-hydrogen) atoms. The molecule has 0 unspecified atom stereocenters. The van der Waals surface area contributed by atoms with E-state index in [0.29, 0.717) is 0 Å². The van der Waals surface area contributed by atoms with Gasteiger partial charge in [0.2, 0.25) is 0 Å². The van der Waals surface area contributed by atoms with Crippen LogP contribution in [0.4, 0.5) is 10.9 Å². The molecule has 0 bridgehead atoms. The number of nitrogens with zero attached hydrogens (tertiary/aromatic N) is 2. The van der Waals surface area contributed by atoms with Crippen LogP contribution in [0.1, 0.15) is 16.0 Å². The SMILES string of the molecule is Cc1cccnc1Nc1nc(-c2csc(C)c2C)cs1. The Labute approximate surface area is 126 Å². The third kappa shape index (κ3) is 2.46. The lowest BCUT2D eigenvalue weighted by molar-refractivity contribution is 1.24. The second-order valence-corrected chi connectivity index (χ2v) is 6.60. The van der Waals surface area contributed by atoms with Crippen LogP contribution in [0.15, 0.2) is 29.1 Å². The largest absolute Gasteiger partial charge is 0.316 e. The quantitative estimate of drug-likeness (QED) is 0.745. The lowest BCUT2D eigenvalue weighted by Crippen LogP contribution is -1.95. The van der Waals surface area contributed by atoms with Crippen molar-refractivity contribution < 1.29 is 0 Å². The molecule has 3 heterocycles. The molecule has 3 rings (SSSR count). The van der Waals surface area contributed by atoms with E-state index in [1.165, 1.54) is 16.0 Å². The second-order valence-electron chi connectivity index (χ2n) is 4.66. The Morgan fingerprint density at radius 1 is 1.10 bits per heavy atom. The Hall–Kier alpha value is -1.72. The maximum atomic E-state index is 4.67. The average Bonchev–Trinajstić information content (AvgIpc) is 3.01. The van der Waals surface area contributed by atoms with Crippen LogP contribution in [-0.2, 0) is 0 Å². The molecule has 3 nitrogen and oxygen atoms in total. The minimum absolute atomic E-state index is 0.867. The maximum absolute atomic E-state index is 4.67. The summed E-state index contributed by atoms with van der Waals surface area (Å²) >= 11 is 3.38. The van der Waals surface area contributed by atoms with E-state index >= 15 is 0 Å². The summed E-state index contributed by atoms with van der Waals surface area (Å²) in [5, 5.41) is 8.44. The Morgan fingerprint density at radius 2 is 1.95 bits per heavy atom. The highest BCUT2D eigenvalue weighted by Crippen LogP contribution is 2.33. The van der Waals surface area contributed by atoms with Crippen LogP contribution in [0, 0.1) is 20.8 Å². The van der Waals surface area contributed by atoms with Gasteiger partial charge in [-0.3, -0.25) is 0 Å². The van der Waals surface area contributed by atoms with Crippen LogP contribution in [-0.4, -0.2) is 9.97 Å².